The summed E-state index contributed by atoms with van der Waals surface area (Å²) in [4.78, 5) is 13.7. The van der Waals surface area contributed by atoms with Gasteiger partial charge in [0.25, 0.3) is 5.91 Å². The van der Waals surface area contributed by atoms with Gasteiger partial charge in [-0.2, -0.15) is 5.10 Å². The zero-order valence-corrected chi connectivity index (χ0v) is 17.7. The molecule has 0 saturated heterocycles. The van der Waals surface area contributed by atoms with E-state index in [9.17, 15) is 18.3 Å². The minimum Gasteiger partial charge on any atom is -0.508 e. The molecule has 3 aromatic rings. The van der Waals surface area contributed by atoms with Crippen molar-refractivity contribution < 1.29 is 18.3 Å². The molecule has 2 N–H and O–H groups in total. The molecule has 154 valence electrons. The number of hydrogen-bond donors (Lipinski definition) is 2. The molecule has 1 aromatic heterocycles. The Morgan fingerprint density at radius 1 is 1.13 bits per heavy atom. The first-order chi connectivity index (χ1) is 14.3. The average Bonchev–Trinajstić information content (AvgIpc) is 3.37. The third-order valence-corrected chi connectivity index (χ3v) is 6.13. The van der Waals surface area contributed by atoms with Crippen molar-refractivity contribution in [1.82, 2.24) is 5.01 Å². The van der Waals surface area contributed by atoms with Gasteiger partial charge in [-0.3, -0.25) is 9.52 Å². The van der Waals surface area contributed by atoms with Gasteiger partial charge in [-0.25, -0.2) is 13.4 Å². The second-order valence-electron chi connectivity index (χ2n) is 6.87. The highest BCUT2D eigenvalue weighted by Crippen LogP contribution is 2.39. The van der Waals surface area contributed by atoms with Crippen molar-refractivity contribution in [1.29, 1.82) is 0 Å². The number of nitrogens with one attached hydrogen (secondary N) is 1. The topological polar surface area (TPSA) is 99.1 Å². The summed E-state index contributed by atoms with van der Waals surface area (Å²) in [5, 5.41) is 18.1. The summed E-state index contributed by atoms with van der Waals surface area (Å²) in [6.07, 6.45) is 1.41. The number of para-hydroxylation sites is 2. The van der Waals surface area contributed by atoms with E-state index in [2.05, 4.69) is 9.82 Å². The van der Waals surface area contributed by atoms with E-state index in [1.807, 2.05) is 5.38 Å². The number of rotatable bonds is 5. The smallest absolute Gasteiger partial charge is 0.284 e. The minimum atomic E-state index is -3.49. The molecule has 7 nitrogen and oxygen atoms in total. The van der Waals surface area contributed by atoms with Gasteiger partial charge in [-0.15, -0.1) is 11.3 Å². The van der Waals surface area contributed by atoms with Crippen LogP contribution in [0.1, 0.15) is 33.3 Å². The maximum absolute atomic E-state index is 13.1. The Bertz CT molecular complexity index is 1220. The molecule has 2 aromatic carbocycles. The highest BCUT2D eigenvalue weighted by molar-refractivity contribution is 7.92. The van der Waals surface area contributed by atoms with Gasteiger partial charge >= 0.3 is 0 Å². The third kappa shape index (κ3) is 4.07. The number of thiophene rings is 1. The molecule has 1 atom stereocenters. The summed E-state index contributed by atoms with van der Waals surface area (Å²) in [6.45, 7) is 0. The molecule has 9 heteroatoms. The van der Waals surface area contributed by atoms with Crippen LogP contribution in [0.25, 0.3) is 0 Å². The lowest BCUT2D eigenvalue weighted by Gasteiger charge is -2.22. The molecule has 4 rings (SSSR count). The van der Waals surface area contributed by atoms with Gasteiger partial charge in [0, 0.05) is 17.5 Å². The lowest BCUT2D eigenvalue weighted by atomic mass is 9.97. The number of phenolic OH excluding ortho intramolecular Hbond substituents is 1. The average molecular weight is 442 g/mol. The lowest BCUT2D eigenvalue weighted by molar-refractivity contribution is 0.0714. The Labute approximate surface area is 178 Å². The predicted octanol–water partition coefficient (Wildman–Crippen LogP) is 3.82. The Hall–Kier alpha value is -3.17. The van der Waals surface area contributed by atoms with Crippen LogP contribution < -0.4 is 4.72 Å². The molecule has 0 fully saturated rings. The molecule has 0 bridgehead atoms. The van der Waals surface area contributed by atoms with Crippen LogP contribution in [0.2, 0.25) is 0 Å². The van der Waals surface area contributed by atoms with E-state index < -0.39 is 16.1 Å². The van der Waals surface area contributed by atoms with E-state index in [-0.39, 0.29) is 11.7 Å². The quantitative estimate of drug-likeness (QED) is 0.629. The van der Waals surface area contributed by atoms with Crippen molar-refractivity contribution in [2.24, 2.45) is 5.10 Å². The lowest BCUT2D eigenvalue weighted by Crippen LogP contribution is -2.26. The fourth-order valence-electron chi connectivity index (χ4n) is 3.41. The van der Waals surface area contributed by atoms with E-state index in [0.717, 1.165) is 6.26 Å². The zero-order valence-electron chi connectivity index (χ0n) is 16.0. The first-order valence-corrected chi connectivity index (χ1v) is 11.9. The standard InChI is InChI=1S/C21H19N3O4S2/c1-30(27,28)23-16-9-4-2-7-14(16)17-13-18(15-8-3-5-10-19(15)25)24(22-17)21(26)20-11-6-12-29-20/h2-12,18,23,25H,13H2,1H3. The van der Waals surface area contributed by atoms with Gasteiger partial charge in [0.15, 0.2) is 0 Å². The number of hydrazone groups is 1. The number of hydrogen-bond acceptors (Lipinski definition) is 6. The van der Waals surface area contributed by atoms with Crippen LogP contribution >= 0.6 is 11.3 Å². The minimum absolute atomic E-state index is 0.0745. The summed E-state index contributed by atoms with van der Waals surface area (Å²) < 4.78 is 26.1. The maximum Gasteiger partial charge on any atom is 0.284 e. The van der Waals surface area contributed by atoms with Crippen molar-refractivity contribution in [2.45, 2.75) is 12.5 Å². The van der Waals surface area contributed by atoms with Gasteiger partial charge in [-0.1, -0.05) is 42.5 Å². The number of benzene rings is 2. The zero-order chi connectivity index (χ0) is 21.3. The summed E-state index contributed by atoms with van der Waals surface area (Å²) in [5.74, 6) is -0.202. The van der Waals surface area contributed by atoms with Crippen LogP contribution in [0, 0.1) is 0 Å². The fraction of sp³-hybridized carbons (Fsp3) is 0.143. The summed E-state index contributed by atoms with van der Waals surface area (Å²) in [5.41, 5.74) is 2.11. The molecule has 2 heterocycles. The fourth-order valence-corrected chi connectivity index (χ4v) is 4.64. The monoisotopic (exact) mass is 441 g/mol. The van der Waals surface area contributed by atoms with Gasteiger partial charge in [0.2, 0.25) is 10.0 Å². The molecule has 0 spiro atoms. The first-order valence-electron chi connectivity index (χ1n) is 9.13. The van der Waals surface area contributed by atoms with Gasteiger partial charge < -0.3 is 5.11 Å². The van der Waals surface area contributed by atoms with Crippen LogP contribution in [0.5, 0.6) is 5.75 Å². The van der Waals surface area contributed by atoms with Gasteiger partial charge in [0.05, 0.1) is 28.6 Å². The molecule has 0 saturated carbocycles. The first kappa shape index (κ1) is 20.1. The summed E-state index contributed by atoms with van der Waals surface area (Å²) >= 11 is 1.31. The Kier molecular flexibility index (Phi) is 5.31. The Morgan fingerprint density at radius 2 is 1.87 bits per heavy atom. The number of nitrogens with zero attached hydrogens (tertiary/aromatic N) is 2. The van der Waals surface area contributed by atoms with E-state index in [1.54, 1.807) is 60.7 Å². The highest BCUT2D eigenvalue weighted by atomic mass is 32.2. The van der Waals surface area contributed by atoms with Crippen molar-refractivity contribution >= 4 is 38.7 Å². The largest absolute Gasteiger partial charge is 0.508 e. The van der Waals surface area contributed by atoms with E-state index in [4.69, 9.17) is 0 Å². The number of anilines is 1. The third-order valence-electron chi connectivity index (χ3n) is 4.68. The van der Waals surface area contributed by atoms with E-state index in [1.165, 1.54) is 16.3 Å². The molecule has 1 unspecified atom stereocenters. The van der Waals surface area contributed by atoms with Crippen LogP contribution in [0.4, 0.5) is 5.69 Å². The van der Waals surface area contributed by atoms with Crippen molar-refractivity contribution in [3.8, 4) is 5.75 Å². The number of phenols is 1. The van der Waals surface area contributed by atoms with E-state index in [0.29, 0.717) is 33.8 Å². The van der Waals surface area contributed by atoms with Gasteiger partial charge in [0.1, 0.15) is 5.75 Å². The van der Waals surface area contributed by atoms with Crippen LogP contribution in [0.3, 0.4) is 0 Å². The normalized spacial score (nSPS) is 16.4. The number of amides is 1. The molecule has 0 aliphatic carbocycles. The second-order valence-corrected chi connectivity index (χ2v) is 9.57. The molecule has 1 amide bonds. The Morgan fingerprint density at radius 3 is 2.57 bits per heavy atom. The molecular weight excluding hydrogens is 422 g/mol. The summed E-state index contributed by atoms with van der Waals surface area (Å²) in [7, 11) is -3.49. The van der Waals surface area contributed by atoms with E-state index >= 15 is 0 Å². The predicted molar refractivity (Wildman–Crippen MR) is 117 cm³/mol. The number of carbonyl (C=O) groups is 1. The van der Waals surface area contributed by atoms with Crippen LogP contribution in [0.15, 0.2) is 71.1 Å². The van der Waals surface area contributed by atoms with Crippen molar-refractivity contribution in [3.63, 3.8) is 0 Å². The highest BCUT2D eigenvalue weighted by Gasteiger charge is 2.36. The maximum atomic E-state index is 13.1. The van der Waals surface area contributed by atoms with Crippen molar-refractivity contribution in [3.05, 3.63) is 82.0 Å². The molecule has 1 aliphatic rings. The molecule has 0 radical (unpaired) electrons. The van der Waals surface area contributed by atoms with Crippen LogP contribution in [-0.4, -0.2) is 36.4 Å². The van der Waals surface area contributed by atoms with Crippen molar-refractivity contribution in [2.75, 3.05) is 11.0 Å². The number of aromatic hydroxyl groups is 1. The second kappa shape index (κ2) is 7.92. The Balaban J connectivity index is 1.78. The number of carbonyl (C=O) groups excluding carboxylic acids is 1. The van der Waals surface area contributed by atoms with Gasteiger partial charge in [-0.05, 0) is 23.6 Å². The molecule has 30 heavy (non-hydrogen) atoms. The SMILES string of the molecule is CS(=O)(=O)Nc1ccccc1C1=NN(C(=O)c2cccs2)C(c2ccccc2O)C1. The summed E-state index contributed by atoms with van der Waals surface area (Å²) in [6, 6.07) is 16.7. The molecular formula is C21H19N3O4S2. The van der Waals surface area contributed by atoms with Crippen LogP contribution in [-0.2, 0) is 10.0 Å². The molecule has 1 aliphatic heterocycles. The number of sulfonamides is 1.